The molecule has 1 fully saturated rings. The number of imidazole rings is 1. The van der Waals surface area contributed by atoms with Gasteiger partial charge in [0.2, 0.25) is 5.91 Å². The number of thiol groups is 1. The number of carbonyl (C=O) groups excluding carboxylic acids is 1. The fourth-order valence-electron chi connectivity index (χ4n) is 4.81. The van der Waals surface area contributed by atoms with E-state index in [1.807, 2.05) is 29.2 Å². The van der Waals surface area contributed by atoms with Gasteiger partial charge in [-0.3, -0.25) is 4.79 Å². The second-order valence-electron chi connectivity index (χ2n) is 8.27. The Morgan fingerprint density at radius 1 is 1.23 bits per heavy atom. The van der Waals surface area contributed by atoms with E-state index in [0.717, 1.165) is 41.9 Å². The molecular weight excluding hydrogens is 408 g/mol. The molecule has 7 heteroatoms. The highest BCUT2D eigenvalue weighted by molar-refractivity contribution is 7.80. The van der Waals surface area contributed by atoms with Gasteiger partial charge in [-0.1, -0.05) is 30.3 Å². The number of aromatic nitrogens is 2. The van der Waals surface area contributed by atoms with Gasteiger partial charge in [0.25, 0.3) is 0 Å². The van der Waals surface area contributed by atoms with E-state index < -0.39 is 0 Å². The molecule has 31 heavy (non-hydrogen) atoms. The maximum Gasteiger partial charge on any atom is 0.227 e. The molecule has 3 heterocycles. The number of nitrogens with one attached hydrogen (secondary N) is 1. The Hall–Kier alpha value is -2.51. The first kappa shape index (κ1) is 20.4. The normalized spacial score (nSPS) is 20.0. The molecule has 2 aromatic carbocycles. The van der Waals surface area contributed by atoms with Gasteiger partial charge in [0, 0.05) is 31.9 Å². The summed E-state index contributed by atoms with van der Waals surface area (Å²) in [4.78, 5) is 25.7. The van der Waals surface area contributed by atoms with Crippen molar-refractivity contribution < 1.29 is 9.53 Å². The van der Waals surface area contributed by atoms with Crippen LogP contribution in [0.1, 0.15) is 29.1 Å². The summed E-state index contributed by atoms with van der Waals surface area (Å²) >= 11 is 4.97. The lowest BCUT2D eigenvalue weighted by molar-refractivity contribution is -0.139. The van der Waals surface area contributed by atoms with Crippen LogP contribution in [0.4, 0.5) is 5.69 Å². The number of hydrogen-bond donors (Lipinski definition) is 2. The summed E-state index contributed by atoms with van der Waals surface area (Å²) in [6.07, 6.45) is 0.760. The monoisotopic (exact) mass is 436 g/mol. The zero-order chi connectivity index (χ0) is 21.4. The zero-order valence-electron chi connectivity index (χ0n) is 17.8. The van der Waals surface area contributed by atoms with E-state index in [0.29, 0.717) is 26.3 Å². The summed E-state index contributed by atoms with van der Waals surface area (Å²) in [6.45, 7) is 6.38. The topological polar surface area (TPSA) is 61.5 Å². The van der Waals surface area contributed by atoms with E-state index in [9.17, 15) is 4.79 Å². The van der Waals surface area contributed by atoms with Crippen LogP contribution in [-0.2, 0) is 16.0 Å². The van der Waals surface area contributed by atoms with Crippen molar-refractivity contribution in [3.05, 3.63) is 59.4 Å². The molecule has 1 saturated heterocycles. The van der Waals surface area contributed by atoms with Crippen LogP contribution in [0.25, 0.3) is 11.0 Å². The molecule has 0 aliphatic carbocycles. The highest BCUT2D eigenvalue weighted by atomic mass is 32.1. The van der Waals surface area contributed by atoms with E-state index in [1.165, 1.54) is 11.3 Å². The van der Waals surface area contributed by atoms with Crippen molar-refractivity contribution in [1.82, 2.24) is 14.9 Å². The van der Waals surface area contributed by atoms with E-state index in [4.69, 9.17) is 22.3 Å². The maximum absolute atomic E-state index is 13.2. The molecule has 1 aromatic heterocycles. The molecule has 3 aromatic rings. The third-order valence-corrected chi connectivity index (χ3v) is 6.91. The van der Waals surface area contributed by atoms with Crippen molar-refractivity contribution in [3.8, 4) is 0 Å². The number of hydrogen-bond acceptors (Lipinski definition) is 5. The van der Waals surface area contributed by atoms with Gasteiger partial charge in [-0.2, -0.15) is 12.6 Å². The Bertz CT molecular complexity index is 1060. The summed E-state index contributed by atoms with van der Waals surface area (Å²) in [5.74, 6) is 1.07. The first-order valence-electron chi connectivity index (χ1n) is 11.0. The average Bonchev–Trinajstić information content (AvgIpc) is 3.27. The molecule has 0 radical (unpaired) electrons. The minimum Gasteiger partial charge on any atom is -0.378 e. The van der Waals surface area contributed by atoms with Crippen LogP contribution >= 0.6 is 12.6 Å². The predicted molar refractivity (Wildman–Crippen MR) is 126 cm³/mol. The van der Waals surface area contributed by atoms with E-state index in [-0.39, 0.29) is 17.1 Å². The quantitative estimate of drug-likeness (QED) is 0.615. The summed E-state index contributed by atoms with van der Waals surface area (Å²) in [5, 5.41) is -0.164. The largest absolute Gasteiger partial charge is 0.378 e. The number of nitrogens with zero attached hydrogens (tertiary/aromatic N) is 3. The molecule has 1 N–H and O–H groups in total. The lowest BCUT2D eigenvalue weighted by atomic mass is 9.88. The predicted octanol–water partition coefficient (Wildman–Crippen LogP) is 3.44. The molecule has 2 aliphatic heterocycles. The number of rotatable bonds is 4. The van der Waals surface area contributed by atoms with E-state index >= 15 is 0 Å². The van der Waals surface area contributed by atoms with Gasteiger partial charge in [0.15, 0.2) is 0 Å². The Morgan fingerprint density at radius 3 is 2.81 bits per heavy atom. The first-order chi connectivity index (χ1) is 15.2. The molecule has 0 bridgehead atoms. The van der Waals surface area contributed by atoms with Gasteiger partial charge in [-0.15, -0.1) is 0 Å². The lowest BCUT2D eigenvalue weighted by Crippen LogP contribution is -2.49. The fraction of sp³-hybridized carbons (Fsp3) is 0.417. The molecule has 2 aliphatic rings. The SMILES string of the molecule is CCN1CC(C(=O)N2CCOCC2)Cc2cccc(C(S)c3nc4ccccc4[nH]3)c21. The Balaban J connectivity index is 1.46. The Morgan fingerprint density at radius 2 is 2.03 bits per heavy atom. The second-order valence-corrected chi connectivity index (χ2v) is 8.79. The van der Waals surface area contributed by atoms with Gasteiger partial charge in [-0.25, -0.2) is 4.98 Å². The highest BCUT2D eigenvalue weighted by Crippen LogP contribution is 2.40. The van der Waals surface area contributed by atoms with Crippen molar-refractivity contribution in [2.75, 3.05) is 44.3 Å². The van der Waals surface area contributed by atoms with Crippen LogP contribution in [0.3, 0.4) is 0 Å². The number of H-pyrrole nitrogens is 1. The van der Waals surface area contributed by atoms with Gasteiger partial charge < -0.3 is 19.5 Å². The van der Waals surface area contributed by atoms with Crippen LogP contribution in [0.2, 0.25) is 0 Å². The number of ether oxygens (including phenoxy) is 1. The second kappa shape index (κ2) is 8.55. The van der Waals surface area contributed by atoms with Crippen LogP contribution in [-0.4, -0.2) is 60.2 Å². The van der Waals surface area contributed by atoms with E-state index in [1.54, 1.807) is 0 Å². The summed E-state index contributed by atoms with van der Waals surface area (Å²) < 4.78 is 5.42. The van der Waals surface area contributed by atoms with Gasteiger partial charge in [-0.05, 0) is 36.6 Å². The number of carbonyl (C=O) groups is 1. The number of amides is 1. The molecule has 1 amide bonds. The smallest absolute Gasteiger partial charge is 0.227 e. The molecule has 6 nitrogen and oxygen atoms in total. The van der Waals surface area contributed by atoms with Crippen molar-refractivity contribution >= 4 is 35.3 Å². The standard InChI is InChI=1S/C24H28N4O2S/c1-2-27-15-17(24(29)28-10-12-30-13-11-28)14-16-6-5-7-18(21(16)27)22(31)23-25-19-8-3-4-9-20(19)26-23/h3-9,17,22,31H,2,10-15H2,1H3,(H,25,26). The van der Waals surface area contributed by atoms with Gasteiger partial charge in [0.05, 0.1) is 35.4 Å². The highest BCUT2D eigenvalue weighted by Gasteiger charge is 2.34. The summed E-state index contributed by atoms with van der Waals surface area (Å²) in [7, 11) is 0. The molecule has 2 atom stereocenters. The number of morpholine rings is 1. The first-order valence-corrected chi connectivity index (χ1v) is 11.5. The molecule has 5 rings (SSSR count). The van der Waals surface area contributed by atoms with Crippen molar-refractivity contribution in [2.45, 2.75) is 18.6 Å². The Labute approximate surface area is 188 Å². The zero-order valence-corrected chi connectivity index (χ0v) is 18.6. The van der Waals surface area contributed by atoms with Crippen LogP contribution in [0, 0.1) is 5.92 Å². The lowest BCUT2D eigenvalue weighted by Gasteiger charge is -2.39. The average molecular weight is 437 g/mol. The molecule has 2 unspecified atom stereocenters. The molecular formula is C24H28N4O2S. The number of fused-ring (bicyclic) bond motifs is 2. The van der Waals surface area contributed by atoms with Crippen LogP contribution in [0.15, 0.2) is 42.5 Å². The van der Waals surface area contributed by atoms with Crippen molar-refractivity contribution in [1.29, 1.82) is 0 Å². The molecule has 0 spiro atoms. The fourth-order valence-corrected chi connectivity index (χ4v) is 5.14. The third-order valence-electron chi connectivity index (χ3n) is 6.39. The van der Waals surface area contributed by atoms with E-state index in [2.05, 4.69) is 35.0 Å². The van der Waals surface area contributed by atoms with Crippen molar-refractivity contribution in [2.24, 2.45) is 5.92 Å². The van der Waals surface area contributed by atoms with Crippen LogP contribution < -0.4 is 4.90 Å². The number of aromatic amines is 1. The number of benzene rings is 2. The maximum atomic E-state index is 13.2. The number of para-hydroxylation sites is 3. The third kappa shape index (κ3) is 3.81. The summed E-state index contributed by atoms with van der Waals surface area (Å²) in [6, 6.07) is 14.4. The van der Waals surface area contributed by atoms with Crippen molar-refractivity contribution in [3.63, 3.8) is 0 Å². The summed E-state index contributed by atoms with van der Waals surface area (Å²) in [5.41, 5.74) is 5.53. The van der Waals surface area contributed by atoms with Crippen LogP contribution in [0.5, 0.6) is 0 Å². The Kier molecular flexibility index (Phi) is 5.63. The molecule has 162 valence electrons. The minimum atomic E-state index is -0.164. The molecule has 0 saturated carbocycles. The van der Waals surface area contributed by atoms with Gasteiger partial charge >= 0.3 is 0 Å². The minimum absolute atomic E-state index is 0.0228. The number of anilines is 1. The van der Waals surface area contributed by atoms with Gasteiger partial charge in [0.1, 0.15) is 5.82 Å².